The van der Waals surface area contributed by atoms with E-state index in [1.807, 2.05) is 17.5 Å². The molecule has 3 aromatic rings. The lowest BCUT2D eigenvalue weighted by Crippen LogP contribution is -2.28. The highest BCUT2D eigenvalue weighted by molar-refractivity contribution is 6.34. The van der Waals surface area contributed by atoms with Gasteiger partial charge in [-0.2, -0.15) is 5.10 Å². The topological polar surface area (TPSA) is 36.7 Å². The van der Waals surface area contributed by atoms with E-state index >= 15 is 0 Å². The predicted octanol–water partition coefficient (Wildman–Crippen LogP) is 3.62. The molecule has 1 saturated heterocycles. The van der Waals surface area contributed by atoms with Gasteiger partial charge < -0.3 is 9.80 Å². The molecule has 2 aromatic heterocycles. The first-order valence-corrected chi connectivity index (χ1v) is 9.33. The average molecular weight is 358 g/mol. The third kappa shape index (κ3) is 2.85. The third-order valence-electron chi connectivity index (χ3n) is 5.24. The molecule has 6 heteroatoms. The molecule has 0 amide bonds. The smallest absolute Gasteiger partial charge is 0.176 e. The fraction of sp³-hybridized carbons (Fsp3) is 0.474. The third-order valence-corrected chi connectivity index (χ3v) is 5.69. The number of para-hydroxylation sites is 1. The zero-order chi connectivity index (χ0) is 17.6. The highest BCUT2D eigenvalue weighted by Crippen LogP contribution is 2.32. The van der Waals surface area contributed by atoms with Crippen LogP contribution in [0, 0.1) is 12.8 Å². The summed E-state index contributed by atoms with van der Waals surface area (Å²) in [6.07, 6.45) is 1.21. The van der Waals surface area contributed by atoms with Gasteiger partial charge in [-0.05, 0) is 45.0 Å². The molecule has 0 saturated carbocycles. The Morgan fingerprint density at radius 2 is 2.12 bits per heavy atom. The molecule has 1 aliphatic rings. The van der Waals surface area contributed by atoms with E-state index in [0.29, 0.717) is 10.9 Å². The summed E-state index contributed by atoms with van der Waals surface area (Å²) in [6, 6.07) is 8.33. The second-order valence-corrected chi connectivity index (χ2v) is 7.42. The SMILES string of the molecule is CCN(C)C[C@@H]1CCN(c2nc3c(Cl)c(C)nn3c3ccccc23)C1. The first-order valence-electron chi connectivity index (χ1n) is 8.95. The lowest BCUT2D eigenvalue weighted by molar-refractivity contribution is 0.300. The van der Waals surface area contributed by atoms with Crippen LogP contribution in [0.3, 0.4) is 0 Å². The molecule has 0 aliphatic carbocycles. The number of aromatic nitrogens is 3. The molecule has 0 unspecified atom stereocenters. The Hall–Kier alpha value is -1.85. The van der Waals surface area contributed by atoms with E-state index in [9.17, 15) is 0 Å². The van der Waals surface area contributed by atoms with Crippen molar-refractivity contribution in [3.63, 3.8) is 0 Å². The second-order valence-electron chi connectivity index (χ2n) is 7.04. The van der Waals surface area contributed by atoms with E-state index in [4.69, 9.17) is 16.6 Å². The van der Waals surface area contributed by atoms with Gasteiger partial charge in [-0.1, -0.05) is 30.7 Å². The second kappa shape index (κ2) is 6.46. The Morgan fingerprint density at radius 1 is 1.32 bits per heavy atom. The number of hydrogen-bond donors (Lipinski definition) is 0. The van der Waals surface area contributed by atoms with Gasteiger partial charge in [-0.25, -0.2) is 9.50 Å². The first kappa shape index (κ1) is 16.6. The zero-order valence-electron chi connectivity index (χ0n) is 15.0. The van der Waals surface area contributed by atoms with Gasteiger partial charge in [0.2, 0.25) is 0 Å². The average Bonchev–Trinajstić information content (AvgIpc) is 3.19. The minimum Gasteiger partial charge on any atom is -0.356 e. The normalized spacial score (nSPS) is 18.1. The Morgan fingerprint density at radius 3 is 2.92 bits per heavy atom. The summed E-state index contributed by atoms with van der Waals surface area (Å²) in [7, 11) is 2.19. The van der Waals surface area contributed by atoms with Gasteiger partial charge >= 0.3 is 0 Å². The lowest BCUT2D eigenvalue weighted by atomic mass is 10.1. The Bertz CT molecular complexity index is 919. The predicted molar refractivity (Wildman–Crippen MR) is 104 cm³/mol. The van der Waals surface area contributed by atoms with Crippen molar-refractivity contribution in [2.75, 3.05) is 38.1 Å². The van der Waals surface area contributed by atoms with Crippen LogP contribution >= 0.6 is 11.6 Å². The number of anilines is 1. The Labute approximate surface area is 153 Å². The maximum absolute atomic E-state index is 6.47. The van der Waals surface area contributed by atoms with Crippen LogP contribution in [0.25, 0.3) is 16.6 Å². The van der Waals surface area contributed by atoms with E-state index in [-0.39, 0.29) is 0 Å². The molecule has 0 radical (unpaired) electrons. The van der Waals surface area contributed by atoms with Crippen LogP contribution in [0.5, 0.6) is 0 Å². The van der Waals surface area contributed by atoms with Crippen molar-refractivity contribution in [2.45, 2.75) is 20.3 Å². The molecule has 4 rings (SSSR count). The van der Waals surface area contributed by atoms with Crippen molar-refractivity contribution in [3.05, 3.63) is 35.0 Å². The quantitative estimate of drug-likeness (QED) is 0.714. The van der Waals surface area contributed by atoms with Gasteiger partial charge in [0.15, 0.2) is 5.65 Å². The molecule has 3 heterocycles. The maximum Gasteiger partial charge on any atom is 0.176 e. The number of hydrogen-bond acceptors (Lipinski definition) is 4. The minimum absolute atomic E-state index is 0.647. The summed E-state index contributed by atoms with van der Waals surface area (Å²) in [4.78, 5) is 9.72. The Kier molecular flexibility index (Phi) is 4.29. The van der Waals surface area contributed by atoms with Crippen molar-refractivity contribution in [2.24, 2.45) is 5.92 Å². The molecular weight excluding hydrogens is 334 g/mol. The largest absolute Gasteiger partial charge is 0.356 e. The summed E-state index contributed by atoms with van der Waals surface area (Å²) < 4.78 is 1.87. The summed E-state index contributed by atoms with van der Waals surface area (Å²) >= 11 is 6.47. The number of benzene rings is 1. The molecule has 0 bridgehead atoms. The summed E-state index contributed by atoms with van der Waals surface area (Å²) in [5.74, 6) is 1.72. The van der Waals surface area contributed by atoms with Crippen molar-refractivity contribution >= 4 is 34.0 Å². The maximum atomic E-state index is 6.47. The molecule has 1 atom stereocenters. The molecule has 1 aromatic carbocycles. The summed E-state index contributed by atoms with van der Waals surface area (Å²) in [5, 5.41) is 6.36. The van der Waals surface area contributed by atoms with Crippen LogP contribution in [0.15, 0.2) is 24.3 Å². The number of fused-ring (bicyclic) bond motifs is 3. The molecule has 1 fully saturated rings. The fourth-order valence-corrected chi connectivity index (χ4v) is 3.91. The number of nitrogens with zero attached hydrogens (tertiary/aromatic N) is 5. The van der Waals surface area contributed by atoms with Crippen molar-refractivity contribution in [3.8, 4) is 0 Å². The standard InChI is InChI=1S/C19H24ClN5/c1-4-23(3)11-14-9-10-24(12-14)18-15-7-5-6-8-16(15)25-19(21-18)17(20)13(2)22-25/h5-8,14H,4,9-12H2,1-3H3/t14-/m0/s1. The van der Waals surface area contributed by atoms with E-state index in [2.05, 4.69) is 47.1 Å². The monoisotopic (exact) mass is 357 g/mol. The number of aryl methyl sites for hydroxylation is 1. The van der Waals surface area contributed by atoms with Crippen molar-refractivity contribution < 1.29 is 0 Å². The number of halogens is 1. The van der Waals surface area contributed by atoms with Gasteiger partial charge in [0.1, 0.15) is 10.8 Å². The highest BCUT2D eigenvalue weighted by atomic mass is 35.5. The van der Waals surface area contributed by atoms with Gasteiger partial charge in [0, 0.05) is 25.0 Å². The molecule has 132 valence electrons. The van der Waals surface area contributed by atoms with Gasteiger partial charge in [0.25, 0.3) is 0 Å². The van der Waals surface area contributed by atoms with Crippen LogP contribution in [-0.2, 0) is 0 Å². The molecule has 1 aliphatic heterocycles. The zero-order valence-corrected chi connectivity index (χ0v) is 15.8. The molecule has 5 nitrogen and oxygen atoms in total. The first-order chi connectivity index (χ1) is 12.1. The van der Waals surface area contributed by atoms with E-state index in [0.717, 1.165) is 54.2 Å². The highest BCUT2D eigenvalue weighted by Gasteiger charge is 2.26. The molecular formula is C19H24ClN5. The summed E-state index contributed by atoms with van der Waals surface area (Å²) in [6.45, 7) is 8.45. The van der Waals surface area contributed by atoms with Crippen LogP contribution in [-0.4, -0.2) is 52.7 Å². The molecule has 0 spiro atoms. The van der Waals surface area contributed by atoms with Crippen LogP contribution in [0.2, 0.25) is 5.02 Å². The fourth-order valence-electron chi connectivity index (χ4n) is 3.75. The molecule has 25 heavy (non-hydrogen) atoms. The van der Waals surface area contributed by atoms with Gasteiger partial charge in [-0.3, -0.25) is 0 Å². The van der Waals surface area contributed by atoms with E-state index in [1.54, 1.807) is 0 Å². The minimum atomic E-state index is 0.647. The van der Waals surface area contributed by atoms with Crippen LogP contribution in [0.1, 0.15) is 19.0 Å². The van der Waals surface area contributed by atoms with Crippen molar-refractivity contribution in [1.29, 1.82) is 0 Å². The van der Waals surface area contributed by atoms with E-state index in [1.165, 1.54) is 6.42 Å². The van der Waals surface area contributed by atoms with E-state index < -0.39 is 0 Å². The van der Waals surface area contributed by atoms with Gasteiger partial charge in [-0.15, -0.1) is 0 Å². The van der Waals surface area contributed by atoms with Gasteiger partial charge in [0.05, 0.1) is 11.2 Å². The molecule has 0 N–H and O–H groups in total. The van der Waals surface area contributed by atoms with Crippen molar-refractivity contribution in [1.82, 2.24) is 19.5 Å². The van der Waals surface area contributed by atoms with Crippen LogP contribution in [0.4, 0.5) is 5.82 Å². The lowest BCUT2D eigenvalue weighted by Gasteiger charge is -2.22. The Balaban J connectivity index is 1.77. The summed E-state index contributed by atoms with van der Waals surface area (Å²) in [5.41, 5.74) is 2.63. The number of rotatable bonds is 4. The van der Waals surface area contributed by atoms with Crippen LogP contribution < -0.4 is 4.90 Å².